The van der Waals surface area contributed by atoms with Gasteiger partial charge in [0.2, 0.25) is 0 Å². The molecule has 1 rings (SSSR count). The van der Waals surface area contributed by atoms with Crippen molar-refractivity contribution in [2.75, 3.05) is 33.7 Å². The SMILES string of the molecule is CCN(CC1C(O)C(C)(C)OC1(C)C)C(C)CN(C)C. The monoisotopic (exact) mass is 286 g/mol. The van der Waals surface area contributed by atoms with E-state index in [1.165, 1.54) is 0 Å². The van der Waals surface area contributed by atoms with E-state index >= 15 is 0 Å². The number of ether oxygens (including phenoxy) is 1. The lowest BCUT2D eigenvalue weighted by Gasteiger charge is -2.36. The largest absolute Gasteiger partial charge is 0.390 e. The number of hydrogen-bond acceptors (Lipinski definition) is 4. The van der Waals surface area contributed by atoms with Gasteiger partial charge in [-0.05, 0) is 55.3 Å². The molecule has 1 heterocycles. The molecule has 1 saturated heterocycles. The van der Waals surface area contributed by atoms with Crippen LogP contribution in [0.15, 0.2) is 0 Å². The predicted molar refractivity (Wildman–Crippen MR) is 84.0 cm³/mol. The van der Waals surface area contributed by atoms with E-state index in [2.05, 4.69) is 51.6 Å². The molecule has 1 fully saturated rings. The highest BCUT2D eigenvalue weighted by Gasteiger charge is 2.53. The van der Waals surface area contributed by atoms with Crippen LogP contribution in [0.1, 0.15) is 41.5 Å². The molecule has 1 aliphatic heterocycles. The fourth-order valence-electron chi connectivity index (χ4n) is 3.52. The second-order valence-corrected chi connectivity index (χ2v) is 7.56. The maximum atomic E-state index is 10.6. The molecule has 20 heavy (non-hydrogen) atoms. The summed E-state index contributed by atoms with van der Waals surface area (Å²) >= 11 is 0. The number of likely N-dealkylation sites (N-methyl/N-ethyl adjacent to an activating group) is 2. The molecule has 0 bridgehead atoms. The summed E-state index contributed by atoms with van der Waals surface area (Å²) in [6.07, 6.45) is -0.418. The van der Waals surface area contributed by atoms with Crippen molar-refractivity contribution in [3.63, 3.8) is 0 Å². The Morgan fingerprint density at radius 2 is 1.70 bits per heavy atom. The topological polar surface area (TPSA) is 35.9 Å². The maximum absolute atomic E-state index is 10.6. The Morgan fingerprint density at radius 1 is 1.15 bits per heavy atom. The Kier molecular flexibility index (Phi) is 5.64. The van der Waals surface area contributed by atoms with Crippen LogP contribution in [-0.4, -0.2) is 72.0 Å². The fraction of sp³-hybridized carbons (Fsp3) is 1.00. The molecule has 3 unspecified atom stereocenters. The molecule has 4 heteroatoms. The van der Waals surface area contributed by atoms with Gasteiger partial charge in [-0.1, -0.05) is 6.92 Å². The first-order valence-electron chi connectivity index (χ1n) is 7.78. The molecule has 1 N–H and O–H groups in total. The molecule has 0 aliphatic carbocycles. The summed E-state index contributed by atoms with van der Waals surface area (Å²) < 4.78 is 6.08. The average molecular weight is 286 g/mol. The summed E-state index contributed by atoms with van der Waals surface area (Å²) in [5, 5.41) is 10.6. The molecule has 0 aromatic rings. The number of rotatable bonds is 6. The zero-order valence-electron chi connectivity index (χ0n) is 14.6. The van der Waals surface area contributed by atoms with Crippen molar-refractivity contribution in [2.45, 2.75) is 64.9 Å². The lowest BCUT2D eigenvalue weighted by Crippen LogP contribution is -2.48. The molecule has 0 amide bonds. The van der Waals surface area contributed by atoms with Gasteiger partial charge in [-0.15, -0.1) is 0 Å². The molecule has 0 aromatic carbocycles. The average Bonchev–Trinajstić information content (AvgIpc) is 2.40. The van der Waals surface area contributed by atoms with Crippen molar-refractivity contribution in [3.8, 4) is 0 Å². The van der Waals surface area contributed by atoms with Crippen LogP contribution in [-0.2, 0) is 4.74 Å². The summed E-state index contributed by atoms with van der Waals surface area (Å²) in [5.41, 5.74) is -0.744. The summed E-state index contributed by atoms with van der Waals surface area (Å²) in [6, 6.07) is 0.474. The normalized spacial score (nSPS) is 30.1. The van der Waals surface area contributed by atoms with Gasteiger partial charge in [-0.25, -0.2) is 0 Å². The molecule has 120 valence electrons. The minimum absolute atomic E-state index is 0.141. The summed E-state index contributed by atoms with van der Waals surface area (Å²) in [7, 11) is 4.20. The molecule has 0 saturated carbocycles. The molecule has 3 atom stereocenters. The van der Waals surface area contributed by atoms with Gasteiger partial charge in [0.15, 0.2) is 0 Å². The highest BCUT2D eigenvalue weighted by atomic mass is 16.5. The van der Waals surface area contributed by atoms with Crippen LogP contribution in [0.3, 0.4) is 0 Å². The van der Waals surface area contributed by atoms with Crippen molar-refractivity contribution in [3.05, 3.63) is 0 Å². The van der Waals surface area contributed by atoms with E-state index in [1.54, 1.807) is 0 Å². The number of hydrogen-bond donors (Lipinski definition) is 1. The van der Waals surface area contributed by atoms with Gasteiger partial charge in [0.1, 0.15) is 0 Å². The van der Waals surface area contributed by atoms with Crippen LogP contribution in [0.25, 0.3) is 0 Å². The van der Waals surface area contributed by atoms with E-state index < -0.39 is 11.7 Å². The van der Waals surface area contributed by atoms with Crippen molar-refractivity contribution >= 4 is 0 Å². The summed E-state index contributed by atoms with van der Waals surface area (Å²) in [5.74, 6) is 0.141. The molecule has 0 spiro atoms. The minimum Gasteiger partial charge on any atom is -0.390 e. The second kappa shape index (κ2) is 6.30. The Labute approximate surface area is 125 Å². The van der Waals surface area contributed by atoms with Crippen LogP contribution in [0.2, 0.25) is 0 Å². The zero-order chi connectivity index (χ0) is 15.7. The van der Waals surface area contributed by atoms with Gasteiger partial charge in [0, 0.05) is 25.0 Å². The van der Waals surface area contributed by atoms with Crippen LogP contribution >= 0.6 is 0 Å². The summed E-state index contributed by atoms with van der Waals surface area (Å²) in [6.45, 7) is 15.5. The van der Waals surface area contributed by atoms with E-state index in [0.717, 1.165) is 19.6 Å². The molecular formula is C16H34N2O2. The molecule has 1 aliphatic rings. The van der Waals surface area contributed by atoms with E-state index in [0.29, 0.717) is 6.04 Å². The fourth-order valence-corrected chi connectivity index (χ4v) is 3.52. The van der Waals surface area contributed by atoms with E-state index in [9.17, 15) is 5.11 Å². The van der Waals surface area contributed by atoms with Crippen LogP contribution in [0.4, 0.5) is 0 Å². The quantitative estimate of drug-likeness (QED) is 0.808. The van der Waals surface area contributed by atoms with E-state index in [4.69, 9.17) is 4.74 Å². The van der Waals surface area contributed by atoms with E-state index in [-0.39, 0.29) is 11.5 Å². The first kappa shape index (κ1) is 17.9. The number of aliphatic hydroxyl groups excluding tert-OH is 1. The zero-order valence-corrected chi connectivity index (χ0v) is 14.6. The van der Waals surface area contributed by atoms with Crippen LogP contribution in [0.5, 0.6) is 0 Å². The number of nitrogens with zero attached hydrogens (tertiary/aromatic N) is 2. The van der Waals surface area contributed by atoms with Gasteiger partial charge in [0.25, 0.3) is 0 Å². The lowest BCUT2D eigenvalue weighted by molar-refractivity contribution is -0.0915. The minimum atomic E-state index is -0.460. The third-order valence-corrected chi connectivity index (χ3v) is 4.60. The van der Waals surface area contributed by atoms with Gasteiger partial charge >= 0.3 is 0 Å². The molecule has 4 nitrogen and oxygen atoms in total. The Balaban J connectivity index is 2.78. The lowest BCUT2D eigenvalue weighted by atomic mass is 9.84. The standard InChI is InChI=1S/C16H34N2O2/c1-9-18(12(2)10-17(7)8)11-13-14(19)16(5,6)20-15(13,3)4/h12-14,19H,9-11H2,1-8H3. The smallest absolute Gasteiger partial charge is 0.0896 e. The van der Waals surface area contributed by atoms with Gasteiger partial charge in [-0.2, -0.15) is 0 Å². The molecule has 0 radical (unpaired) electrons. The van der Waals surface area contributed by atoms with Crippen molar-refractivity contribution < 1.29 is 9.84 Å². The van der Waals surface area contributed by atoms with Gasteiger partial charge in [0.05, 0.1) is 17.3 Å². The molecule has 0 aromatic heterocycles. The van der Waals surface area contributed by atoms with Crippen LogP contribution in [0, 0.1) is 5.92 Å². The maximum Gasteiger partial charge on any atom is 0.0896 e. The predicted octanol–water partition coefficient (Wildman–Crippen LogP) is 1.82. The van der Waals surface area contributed by atoms with Crippen molar-refractivity contribution in [1.29, 1.82) is 0 Å². The first-order chi connectivity index (χ1) is 9.01. The molecular weight excluding hydrogens is 252 g/mol. The third-order valence-electron chi connectivity index (χ3n) is 4.60. The van der Waals surface area contributed by atoms with Crippen LogP contribution < -0.4 is 0 Å². The third kappa shape index (κ3) is 3.94. The van der Waals surface area contributed by atoms with Crippen molar-refractivity contribution in [2.24, 2.45) is 5.92 Å². The second-order valence-electron chi connectivity index (χ2n) is 7.56. The highest BCUT2D eigenvalue weighted by molar-refractivity contribution is 5.02. The van der Waals surface area contributed by atoms with Gasteiger partial charge in [-0.3, -0.25) is 4.90 Å². The Bertz CT molecular complexity index is 316. The van der Waals surface area contributed by atoms with Gasteiger partial charge < -0.3 is 14.7 Å². The first-order valence-corrected chi connectivity index (χ1v) is 7.78. The highest BCUT2D eigenvalue weighted by Crippen LogP contribution is 2.42. The summed E-state index contributed by atoms with van der Waals surface area (Å²) in [4.78, 5) is 4.66. The Morgan fingerprint density at radius 3 is 2.05 bits per heavy atom. The Hall–Kier alpha value is -0.160. The number of aliphatic hydroxyl groups is 1. The van der Waals surface area contributed by atoms with E-state index in [1.807, 2.05) is 13.8 Å². The van der Waals surface area contributed by atoms with Crippen molar-refractivity contribution in [1.82, 2.24) is 9.80 Å².